The minimum atomic E-state index is -0.668. The van der Waals surface area contributed by atoms with E-state index in [1.165, 1.54) is 0 Å². The number of hydrogen-bond donors (Lipinski definition) is 2. The van der Waals surface area contributed by atoms with Gasteiger partial charge in [-0.25, -0.2) is 4.98 Å². The molecule has 1 aromatic heterocycles. The Hall–Kier alpha value is -2.97. The molecule has 4 rings (SSSR count). The zero-order valence-electron chi connectivity index (χ0n) is 17.0. The number of aryl methyl sites for hydroxylation is 1. The van der Waals surface area contributed by atoms with Crippen molar-refractivity contribution in [1.29, 1.82) is 0 Å². The third-order valence-corrected chi connectivity index (χ3v) is 6.03. The molecule has 1 aliphatic heterocycles. The molecule has 8 heteroatoms. The van der Waals surface area contributed by atoms with E-state index in [1.54, 1.807) is 30.4 Å². The van der Waals surface area contributed by atoms with Gasteiger partial charge in [0, 0.05) is 24.3 Å². The number of nitrogens with zero attached hydrogens (tertiary/aromatic N) is 2. The number of carbonyl (C=O) groups excluding carboxylic acids is 2. The monoisotopic (exact) mass is 424 g/mol. The van der Waals surface area contributed by atoms with Crippen molar-refractivity contribution < 1.29 is 14.3 Å². The summed E-state index contributed by atoms with van der Waals surface area (Å²) in [5.41, 5.74) is 3.12. The van der Waals surface area contributed by atoms with Gasteiger partial charge >= 0.3 is 0 Å². The van der Waals surface area contributed by atoms with Crippen LogP contribution in [-0.4, -0.2) is 49.1 Å². The van der Waals surface area contributed by atoms with Gasteiger partial charge in [0.15, 0.2) is 5.13 Å². The molecule has 0 saturated carbocycles. The number of aromatic nitrogens is 1. The van der Waals surface area contributed by atoms with E-state index in [9.17, 15) is 9.59 Å². The number of rotatable bonds is 5. The number of anilines is 2. The van der Waals surface area contributed by atoms with Crippen molar-refractivity contribution in [3.8, 4) is 0 Å². The van der Waals surface area contributed by atoms with Gasteiger partial charge in [0.05, 0.1) is 23.4 Å². The third kappa shape index (κ3) is 4.60. The lowest BCUT2D eigenvalue weighted by Crippen LogP contribution is -2.41. The lowest BCUT2D eigenvalue weighted by atomic mass is 10.1. The molecule has 0 aliphatic carbocycles. The Labute approximate surface area is 179 Å². The molecule has 0 spiro atoms. The summed E-state index contributed by atoms with van der Waals surface area (Å²) in [5, 5.41) is 6.60. The van der Waals surface area contributed by atoms with Crippen LogP contribution < -0.4 is 15.5 Å². The summed E-state index contributed by atoms with van der Waals surface area (Å²) in [4.78, 5) is 31.9. The maximum absolute atomic E-state index is 12.6. The molecule has 0 radical (unpaired) electrons. The first-order valence-corrected chi connectivity index (χ1v) is 10.7. The second-order valence-electron chi connectivity index (χ2n) is 7.33. The number of thiazole rings is 1. The average Bonchev–Trinajstić information content (AvgIpc) is 3.17. The normalized spacial score (nSPS) is 15.1. The van der Waals surface area contributed by atoms with Gasteiger partial charge in [0.25, 0.3) is 5.91 Å². The predicted molar refractivity (Wildman–Crippen MR) is 119 cm³/mol. The number of ether oxygens (including phenoxy) is 1. The Balaban J connectivity index is 1.41. The van der Waals surface area contributed by atoms with Crippen LogP contribution >= 0.6 is 11.3 Å². The molecular formula is C22H24N4O3S. The quantitative estimate of drug-likeness (QED) is 0.657. The standard InChI is InChI=1S/C22H24N4O3S/c1-14-4-3-5-16(12-14)21(28)23-15(2)20(27)24-17-6-7-18-19(13-17)30-22(25-18)26-8-10-29-11-9-26/h3-7,12-13,15H,8-11H2,1-2H3,(H,23,28)(H,24,27)/t15-/m1/s1. The second kappa shape index (κ2) is 8.81. The van der Waals surface area contributed by atoms with Crippen molar-refractivity contribution in [3.05, 3.63) is 53.6 Å². The third-order valence-electron chi connectivity index (χ3n) is 4.95. The topological polar surface area (TPSA) is 83.6 Å². The van der Waals surface area contributed by atoms with E-state index in [4.69, 9.17) is 9.72 Å². The Kier molecular flexibility index (Phi) is 5.96. The fraction of sp³-hybridized carbons (Fsp3) is 0.318. The van der Waals surface area contributed by atoms with E-state index in [2.05, 4.69) is 15.5 Å². The molecule has 2 amide bonds. The zero-order valence-corrected chi connectivity index (χ0v) is 17.8. The first-order chi connectivity index (χ1) is 14.5. The van der Waals surface area contributed by atoms with E-state index >= 15 is 0 Å². The summed E-state index contributed by atoms with van der Waals surface area (Å²) in [6, 6.07) is 12.3. The molecule has 2 aromatic carbocycles. The van der Waals surface area contributed by atoms with Crippen LogP contribution in [0.4, 0.5) is 10.8 Å². The summed E-state index contributed by atoms with van der Waals surface area (Å²) in [7, 11) is 0. The first kappa shape index (κ1) is 20.3. The highest BCUT2D eigenvalue weighted by Crippen LogP contribution is 2.31. The predicted octanol–water partition coefficient (Wildman–Crippen LogP) is 3.20. The molecule has 3 aromatic rings. The molecule has 1 aliphatic rings. The highest BCUT2D eigenvalue weighted by atomic mass is 32.1. The maximum atomic E-state index is 12.6. The number of nitrogens with one attached hydrogen (secondary N) is 2. The van der Waals surface area contributed by atoms with Gasteiger partial charge in [-0.05, 0) is 44.2 Å². The smallest absolute Gasteiger partial charge is 0.251 e. The van der Waals surface area contributed by atoms with Crippen LogP contribution in [0.2, 0.25) is 0 Å². The lowest BCUT2D eigenvalue weighted by Gasteiger charge is -2.25. The van der Waals surface area contributed by atoms with Crippen LogP contribution in [0.1, 0.15) is 22.8 Å². The molecule has 156 valence electrons. The highest BCUT2D eigenvalue weighted by molar-refractivity contribution is 7.22. The molecule has 0 bridgehead atoms. The van der Waals surface area contributed by atoms with E-state index < -0.39 is 6.04 Å². The molecule has 1 atom stereocenters. The van der Waals surface area contributed by atoms with Gasteiger partial charge in [0.2, 0.25) is 5.91 Å². The van der Waals surface area contributed by atoms with Crippen LogP contribution in [0.15, 0.2) is 42.5 Å². The molecular weight excluding hydrogens is 400 g/mol. The Bertz CT molecular complexity index is 1080. The Morgan fingerprint density at radius 1 is 1.17 bits per heavy atom. The number of benzene rings is 2. The molecule has 0 unspecified atom stereocenters. The molecule has 30 heavy (non-hydrogen) atoms. The summed E-state index contributed by atoms with van der Waals surface area (Å²) < 4.78 is 6.41. The average molecular weight is 425 g/mol. The van der Waals surface area contributed by atoms with Crippen LogP contribution in [0, 0.1) is 6.92 Å². The second-order valence-corrected chi connectivity index (χ2v) is 8.34. The van der Waals surface area contributed by atoms with Gasteiger partial charge in [-0.2, -0.15) is 0 Å². The number of fused-ring (bicyclic) bond motifs is 1. The van der Waals surface area contributed by atoms with Crippen molar-refractivity contribution in [2.75, 3.05) is 36.5 Å². The SMILES string of the molecule is Cc1cccc(C(=O)N[C@H](C)C(=O)Nc2ccc3nc(N4CCOCC4)sc3c2)c1. The lowest BCUT2D eigenvalue weighted by molar-refractivity contribution is -0.117. The van der Waals surface area contributed by atoms with Gasteiger partial charge in [-0.3, -0.25) is 9.59 Å². The van der Waals surface area contributed by atoms with Crippen molar-refractivity contribution in [3.63, 3.8) is 0 Å². The molecule has 2 N–H and O–H groups in total. The van der Waals surface area contributed by atoms with Crippen LogP contribution in [0.25, 0.3) is 10.2 Å². The summed E-state index contributed by atoms with van der Waals surface area (Å²) in [6.45, 7) is 6.69. The minimum absolute atomic E-state index is 0.269. The van der Waals surface area contributed by atoms with Crippen molar-refractivity contribution >= 4 is 44.2 Å². The molecule has 1 fully saturated rings. The van der Waals surface area contributed by atoms with Crippen molar-refractivity contribution in [2.24, 2.45) is 0 Å². The van der Waals surface area contributed by atoms with Gasteiger partial charge in [-0.15, -0.1) is 0 Å². The van der Waals surface area contributed by atoms with Crippen LogP contribution in [0.3, 0.4) is 0 Å². The Morgan fingerprint density at radius 3 is 2.73 bits per heavy atom. The first-order valence-electron chi connectivity index (χ1n) is 9.91. The van der Waals surface area contributed by atoms with Gasteiger partial charge in [0.1, 0.15) is 6.04 Å². The van der Waals surface area contributed by atoms with E-state index in [0.29, 0.717) is 24.5 Å². The van der Waals surface area contributed by atoms with Gasteiger partial charge < -0.3 is 20.3 Å². The summed E-state index contributed by atoms with van der Waals surface area (Å²) in [6.07, 6.45) is 0. The van der Waals surface area contributed by atoms with E-state index in [-0.39, 0.29) is 11.8 Å². The minimum Gasteiger partial charge on any atom is -0.378 e. The van der Waals surface area contributed by atoms with Crippen LogP contribution in [-0.2, 0) is 9.53 Å². The molecule has 1 saturated heterocycles. The number of carbonyl (C=O) groups is 2. The Morgan fingerprint density at radius 2 is 1.97 bits per heavy atom. The zero-order chi connectivity index (χ0) is 21.1. The van der Waals surface area contributed by atoms with Gasteiger partial charge in [-0.1, -0.05) is 29.0 Å². The molecule has 7 nitrogen and oxygen atoms in total. The van der Waals surface area contributed by atoms with Crippen molar-refractivity contribution in [2.45, 2.75) is 19.9 Å². The van der Waals surface area contributed by atoms with Crippen LogP contribution in [0.5, 0.6) is 0 Å². The van der Waals surface area contributed by atoms with E-state index in [1.807, 2.05) is 37.3 Å². The molecule has 2 heterocycles. The maximum Gasteiger partial charge on any atom is 0.251 e. The highest BCUT2D eigenvalue weighted by Gasteiger charge is 2.18. The summed E-state index contributed by atoms with van der Waals surface area (Å²) >= 11 is 1.60. The largest absolute Gasteiger partial charge is 0.378 e. The number of hydrogen-bond acceptors (Lipinski definition) is 6. The number of amides is 2. The summed E-state index contributed by atoms with van der Waals surface area (Å²) in [5.74, 6) is -0.539. The van der Waals surface area contributed by atoms with Crippen molar-refractivity contribution in [1.82, 2.24) is 10.3 Å². The number of morpholine rings is 1. The fourth-order valence-electron chi connectivity index (χ4n) is 3.26. The van der Waals surface area contributed by atoms with E-state index in [0.717, 1.165) is 34.0 Å². The fourth-order valence-corrected chi connectivity index (χ4v) is 4.32.